The Balaban J connectivity index is 0.000000123. The Morgan fingerprint density at radius 3 is 2.25 bits per heavy atom. The quantitative estimate of drug-likeness (QED) is 0.720. The van der Waals surface area contributed by atoms with Crippen LogP contribution in [-0.4, -0.2) is 6.79 Å². The topological polar surface area (TPSA) is 34.9 Å². The van der Waals surface area contributed by atoms with Gasteiger partial charge in [0.15, 0.2) is 17.3 Å². The summed E-state index contributed by atoms with van der Waals surface area (Å²) in [6.07, 6.45) is 0. The van der Waals surface area contributed by atoms with Gasteiger partial charge in [-0.3, -0.25) is 0 Å². The van der Waals surface area contributed by atoms with Gasteiger partial charge in [0.1, 0.15) is 11.4 Å². The van der Waals surface area contributed by atoms with Gasteiger partial charge in [-0.2, -0.15) is 0 Å². The first-order valence-corrected chi connectivity index (χ1v) is 6.35. The van der Waals surface area contributed by atoms with Crippen molar-refractivity contribution in [3.63, 3.8) is 0 Å². The third-order valence-electron chi connectivity index (χ3n) is 3.18. The van der Waals surface area contributed by atoms with Crippen LogP contribution >= 0.6 is 0 Å². The van der Waals surface area contributed by atoms with Gasteiger partial charge in [-0.1, -0.05) is 24.3 Å². The molecule has 0 saturated heterocycles. The van der Waals surface area contributed by atoms with E-state index in [1.165, 1.54) is 0 Å². The molecule has 2 N–H and O–H groups in total. The smallest absolute Gasteiger partial charge is 0.231 e. The van der Waals surface area contributed by atoms with Crippen molar-refractivity contribution in [1.29, 1.82) is 0 Å². The van der Waals surface area contributed by atoms with E-state index in [-0.39, 0.29) is 0 Å². The van der Waals surface area contributed by atoms with E-state index in [0.717, 1.165) is 33.6 Å². The molecule has 0 radical (unpaired) electrons. The van der Waals surface area contributed by atoms with Crippen LogP contribution < -0.4 is 19.7 Å². The van der Waals surface area contributed by atoms with Crippen LogP contribution in [0.4, 0.5) is 11.4 Å². The molecule has 1 atom stereocenters. The maximum absolute atomic E-state index is 5.08. The third-order valence-corrected chi connectivity index (χ3v) is 3.18. The Kier molecular flexibility index (Phi) is 3.31. The zero-order chi connectivity index (χ0) is 13.9. The summed E-state index contributed by atoms with van der Waals surface area (Å²) in [5.41, 5.74) is 2.28. The van der Waals surface area contributed by atoms with E-state index in [2.05, 4.69) is 18.9 Å². The summed E-state index contributed by atoms with van der Waals surface area (Å²) in [7, 11) is 3.91. The van der Waals surface area contributed by atoms with Crippen LogP contribution in [0.3, 0.4) is 0 Å². The van der Waals surface area contributed by atoms with Crippen molar-refractivity contribution in [2.24, 2.45) is 0 Å². The number of benzene rings is 2. The molecule has 102 valence electrons. The van der Waals surface area contributed by atoms with Gasteiger partial charge < -0.3 is 19.7 Å². The van der Waals surface area contributed by atoms with E-state index in [1.807, 2.05) is 48.5 Å². The Morgan fingerprint density at radius 2 is 1.60 bits per heavy atom. The van der Waals surface area contributed by atoms with E-state index in [9.17, 15) is 0 Å². The average molecular weight is 268 g/mol. The lowest BCUT2D eigenvalue weighted by molar-refractivity contribution is -0.729. The van der Waals surface area contributed by atoms with Crippen LogP contribution in [-0.2, 0) is 0 Å². The Labute approximate surface area is 118 Å². The molecule has 0 saturated carbocycles. The van der Waals surface area contributed by atoms with Crippen LogP contribution in [0.25, 0.3) is 0 Å². The lowest BCUT2D eigenvalue weighted by Crippen LogP contribution is -2.98. The Hall–Kier alpha value is -2.46. The van der Waals surface area contributed by atoms with Gasteiger partial charge in [-0.05, 0) is 30.8 Å². The molecule has 0 amide bonds. The summed E-state index contributed by atoms with van der Waals surface area (Å²) in [5.74, 6) is 2.60. The van der Waals surface area contributed by atoms with Gasteiger partial charge in [0, 0.05) is 0 Å². The molecule has 0 spiro atoms. The monoisotopic (exact) mass is 268 g/mol. The molecule has 0 bridgehead atoms. The predicted molar refractivity (Wildman–Crippen MR) is 77.7 cm³/mol. The summed E-state index contributed by atoms with van der Waals surface area (Å²) in [5, 5.41) is 3.15. The fourth-order valence-corrected chi connectivity index (χ4v) is 2.10. The Bertz CT molecular complexity index is 617. The highest BCUT2D eigenvalue weighted by Gasteiger charge is 2.19. The summed E-state index contributed by atoms with van der Waals surface area (Å²) in [4.78, 5) is 1.00. The first kappa shape index (κ1) is 12.6. The van der Waals surface area contributed by atoms with Gasteiger partial charge in [-0.15, -0.1) is 7.05 Å². The van der Waals surface area contributed by atoms with Crippen molar-refractivity contribution in [3.05, 3.63) is 68.0 Å². The summed E-state index contributed by atoms with van der Waals surface area (Å²) in [6.45, 7) is 4.20. The second kappa shape index (κ2) is 5.27. The fraction of sp³-hybridized carbons (Fsp3) is 0.0625. The minimum atomic E-state index is 0.360. The normalized spacial score (nSPS) is 17.9. The number of rotatable bonds is 0. The first-order valence-electron chi connectivity index (χ1n) is 6.35. The summed E-state index contributed by atoms with van der Waals surface area (Å²) in [6, 6.07) is 15.7. The predicted octanol–water partition coefficient (Wildman–Crippen LogP) is 2.31. The van der Waals surface area contributed by atoms with Crippen LogP contribution in [0.15, 0.2) is 60.9 Å². The van der Waals surface area contributed by atoms with Gasteiger partial charge in [0.05, 0.1) is 0 Å². The largest absolute Gasteiger partial charge is 0.454 e. The molecule has 20 heavy (non-hydrogen) atoms. The van der Waals surface area contributed by atoms with Crippen LogP contribution in [0.2, 0.25) is 0 Å². The maximum Gasteiger partial charge on any atom is 0.231 e. The molecule has 0 aromatic heterocycles. The van der Waals surface area contributed by atoms with E-state index in [1.54, 1.807) is 0 Å². The molecule has 4 nitrogen and oxygen atoms in total. The molecule has 4 heteroatoms. The number of quaternary nitrogens is 1. The fourth-order valence-electron chi connectivity index (χ4n) is 2.10. The Morgan fingerprint density at radius 1 is 1.00 bits per heavy atom. The van der Waals surface area contributed by atoms with Gasteiger partial charge in [-0.25, -0.2) is 0 Å². The second-order valence-electron chi connectivity index (χ2n) is 4.48. The lowest BCUT2D eigenvalue weighted by Gasteiger charge is -2.11. The van der Waals surface area contributed by atoms with E-state index >= 15 is 0 Å². The van der Waals surface area contributed by atoms with Crippen molar-refractivity contribution in [2.45, 2.75) is 0 Å². The molecule has 2 aromatic carbocycles. The first-order chi connectivity index (χ1) is 9.75. The van der Waals surface area contributed by atoms with E-state index in [0.29, 0.717) is 6.79 Å². The van der Waals surface area contributed by atoms with Crippen LogP contribution in [0.5, 0.6) is 11.5 Å². The second-order valence-corrected chi connectivity index (χ2v) is 4.48. The number of fused-ring (bicyclic) bond motifs is 2. The van der Waals surface area contributed by atoms with Crippen LogP contribution in [0, 0.1) is 7.05 Å². The number of ether oxygens (including phenoxy) is 2. The van der Waals surface area contributed by atoms with Crippen molar-refractivity contribution < 1.29 is 14.4 Å². The molecule has 0 fully saturated rings. The highest BCUT2D eigenvalue weighted by atomic mass is 16.7. The number of para-hydroxylation sites is 4. The average Bonchev–Trinajstić information content (AvgIpc) is 3.06. The number of hydrogen-bond donors (Lipinski definition) is 2. The van der Waals surface area contributed by atoms with Crippen LogP contribution in [0.1, 0.15) is 0 Å². The molecule has 0 aliphatic carbocycles. The minimum absolute atomic E-state index is 0.360. The summed E-state index contributed by atoms with van der Waals surface area (Å²) < 4.78 is 10.2. The molecule has 4 rings (SSSR count). The molecule has 1 unspecified atom stereocenters. The van der Waals surface area contributed by atoms with Crippen molar-refractivity contribution >= 4 is 11.4 Å². The minimum Gasteiger partial charge on any atom is -0.454 e. The van der Waals surface area contributed by atoms with Crippen molar-refractivity contribution in [1.82, 2.24) is 0 Å². The van der Waals surface area contributed by atoms with Gasteiger partial charge in [0.2, 0.25) is 6.79 Å². The standard InChI is InChI=1S/C9H10N2.C7H6O2/c1-7-10-8-5-3-4-6-9(8)11(7)2;1-2-4-7-6(3-1)8-5-9-7/h3-6,10-11H,1-2H2;1-4H,5H2. The molecule has 2 aliphatic rings. The SMILES string of the molecule is C=C1Nc2ccccc2[NH+]1[CH2-].c1ccc2c(c1)OCO2. The number of nitrogens with one attached hydrogen (secondary N) is 2. The number of hydrogen-bond acceptors (Lipinski definition) is 3. The molecular formula is C16H16N2O2. The number of anilines is 1. The highest BCUT2D eigenvalue weighted by Crippen LogP contribution is 2.30. The maximum atomic E-state index is 5.08. The molecular weight excluding hydrogens is 252 g/mol. The molecule has 2 heterocycles. The zero-order valence-corrected chi connectivity index (χ0v) is 11.1. The lowest BCUT2D eigenvalue weighted by atomic mass is 10.3. The van der Waals surface area contributed by atoms with Crippen molar-refractivity contribution in [2.75, 3.05) is 12.1 Å². The zero-order valence-electron chi connectivity index (χ0n) is 11.1. The van der Waals surface area contributed by atoms with Crippen molar-refractivity contribution in [3.8, 4) is 11.5 Å². The van der Waals surface area contributed by atoms with E-state index < -0.39 is 0 Å². The third kappa shape index (κ3) is 2.33. The van der Waals surface area contributed by atoms with Gasteiger partial charge in [0.25, 0.3) is 0 Å². The molecule has 2 aliphatic heterocycles. The highest BCUT2D eigenvalue weighted by molar-refractivity contribution is 5.66. The van der Waals surface area contributed by atoms with E-state index in [4.69, 9.17) is 9.47 Å². The summed E-state index contributed by atoms with van der Waals surface area (Å²) >= 11 is 0. The van der Waals surface area contributed by atoms with Gasteiger partial charge >= 0.3 is 0 Å². The molecule has 2 aromatic rings.